The van der Waals surface area contributed by atoms with Crippen molar-refractivity contribution in [1.29, 1.82) is 0 Å². The summed E-state index contributed by atoms with van der Waals surface area (Å²) in [5.41, 5.74) is 0. The molecule has 0 aromatic heterocycles. The van der Waals surface area contributed by atoms with Crippen LogP contribution in [0, 0.1) is 5.92 Å². The zero-order valence-electron chi connectivity index (χ0n) is 11.3. The third kappa shape index (κ3) is 4.19. The number of ether oxygens (including phenoxy) is 2. The molecule has 0 saturated heterocycles. The van der Waals surface area contributed by atoms with E-state index in [1.165, 1.54) is 18.2 Å². The van der Waals surface area contributed by atoms with Crippen molar-refractivity contribution in [3.63, 3.8) is 0 Å². The predicted molar refractivity (Wildman–Crippen MR) is 70.1 cm³/mol. The topological polar surface area (TPSA) is 96.0 Å². The Bertz CT molecular complexity index is 646. The van der Waals surface area contributed by atoms with Crippen molar-refractivity contribution in [3.05, 3.63) is 24.3 Å². The smallest absolute Gasteiger partial charge is 0.434 e. The zero-order chi connectivity index (χ0) is 15.5. The Balaban J connectivity index is 2.11. The summed E-state index contributed by atoms with van der Waals surface area (Å²) in [6.07, 6.45) is 0.336. The van der Waals surface area contributed by atoms with Crippen LogP contribution < -0.4 is 4.74 Å². The van der Waals surface area contributed by atoms with E-state index in [4.69, 9.17) is 4.74 Å². The second-order valence-electron chi connectivity index (χ2n) is 4.39. The molecule has 7 nitrogen and oxygen atoms in total. The highest BCUT2D eigenvalue weighted by atomic mass is 32.2. The lowest BCUT2D eigenvalue weighted by Gasteiger charge is -2.07. The van der Waals surface area contributed by atoms with Gasteiger partial charge in [-0.3, -0.25) is 4.79 Å². The molecule has 1 saturated carbocycles. The fourth-order valence-corrected chi connectivity index (χ4v) is 2.43. The van der Waals surface area contributed by atoms with Crippen LogP contribution in [0.1, 0.15) is 19.8 Å². The highest BCUT2D eigenvalue weighted by Crippen LogP contribution is 2.31. The van der Waals surface area contributed by atoms with Crippen molar-refractivity contribution in [1.82, 2.24) is 0 Å². The first-order chi connectivity index (χ1) is 9.92. The summed E-state index contributed by atoms with van der Waals surface area (Å²) in [7, 11) is -4.22. The fourth-order valence-electron chi connectivity index (χ4n) is 1.48. The van der Waals surface area contributed by atoms with Crippen molar-refractivity contribution in [2.24, 2.45) is 5.92 Å². The maximum absolute atomic E-state index is 11.9. The molecule has 114 valence electrons. The molecule has 1 aromatic carbocycles. The Hall–Kier alpha value is -2.09. The zero-order valence-corrected chi connectivity index (χ0v) is 12.1. The summed E-state index contributed by atoms with van der Waals surface area (Å²) in [6, 6.07) is 5.09. The van der Waals surface area contributed by atoms with Gasteiger partial charge in [0.25, 0.3) is 0 Å². The second-order valence-corrected chi connectivity index (χ2v) is 5.94. The largest absolute Gasteiger partial charge is 0.513 e. The first-order valence-electron chi connectivity index (χ1n) is 6.35. The Kier molecular flexibility index (Phi) is 4.46. The molecule has 8 heteroatoms. The molecule has 0 N–H and O–H groups in total. The molecule has 0 unspecified atom stereocenters. The maximum Gasteiger partial charge on any atom is 0.513 e. The highest BCUT2D eigenvalue weighted by Gasteiger charge is 2.35. The predicted octanol–water partition coefficient (Wildman–Crippen LogP) is 1.86. The van der Waals surface area contributed by atoms with Gasteiger partial charge in [0.05, 0.1) is 12.5 Å². The van der Waals surface area contributed by atoms with Gasteiger partial charge >= 0.3 is 22.2 Å². The normalized spacial score (nSPS) is 14.3. The molecule has 0 heterocycles. The first-order valence-corrected chi connectivity index (χ1v) is 7.76. The molecule has 0 atom stereocenters. The van der Waals surface area contributed by atoms with Crippen LogP contribution in [0.4, 0.5) is 4.79 Å². The molecule has 0 amide bonds. The minimum absolute atomic E-state index is 0.0167. The summed E-state index contributed by atoms with van der Waals surface area (Å²) >= 11 is 0. The number of carbonyl (C=O) groups excluding carboxylic acids is 2. The monoisotopic (exact) mass is 314 g/mol. The third-order valence-electron chi connectivity index (χ3n) is 2.66. The SMILES string of the molecule is CCOC(=O)Oc1cccc(S(=O)(=O)OC(=O)C2CC2)c1. The molecule has 1 fully saturated rings. The van der Waals surface area contributed by atoms with E-state index < -0.39 is 22.2 Å². The van der Waals surface area contributed by atoms with E-state index in [0.717, 1.165) is 6.07 Å². The number of rotatable bonds is 5. The highest BCUT2D eigenvalue weighted by molar-refractivity contribution is 7.87. The molecule has 0 aliphatic heterocycles. The quantitative estimate of drug-likeness (QED) is 0.465. The van der Waals surface area contributed by atoms with Gasteiger partial charge in [0, 0.05) is 6.07 Å². The molecule has 1 aromatic rings. The van der Waals surface area contributed by atoms with Crippen LogP contribution >= 0.6 is 0 Å². The summed E-state index contributed by atoms with van der Waals surface area (Å²) in [5, 5.41) is 0. The second kappa shape index (κ2) is 6.13. The van der Waals surface area contributed by atoms with Gasteiger partial charge in [0.1, 0.15) is 10.6 Å². The molecular weight excluding hydrogens is 300 g/mol. The Morgan fingerprint density at radius 1 is 1.29 bits per heavy atom. The number of benzene rings is 1. The van der Waals surface area contributed by atoms with Gasteiger partial charge in [-0.25, -0.2) is 4.79 Å². The molecule has 0 radical (unpaired) electrons. The van der Waals surface area contributed by atoms with Crippen molar-refractivity contribution < 1.29 is 31.7 Å². The molecule has 0 spiro atoms. The van der Waals surface area contributed by atoms with Crippen LogP contribution in [0.3, 0.4) is 0 Å². The lowest BCUT2D eigenvalue weighted by Crippen LogP contribution is -2.15. The average molecular weight is 314 g/mol. The first kappa shape index (κ1) is 15.3. The van der Waals surface area contributed by atoms with E-state index in [-0.39, 0.29) is 23.2 Å². The van der Waals surface area contributed by atoms with Gasteiger partial charge in [-0.05, 0) is 31.9 Å². The number of carbonyl (C=O) groups is 2. The lowest BCUT2D eigenvalue weighted by molar-refractivity contribution is -0.135. The average Bonchev–Trinajstić information content (AvgIpc) is 3.23. The van der Waals surface area contributed by atoms with Crippen molar-refractivity contribution in [2.75, 3.05) is 6.61 Å². The summed E-state index contributed by atoms with van der Waals surface area (Å²) in [6.45, 7) is 1.75. The standard InChI is InChI=1S/C13H14O7S/c1-2-18-13(15)19-10-4-3-5-11(8-10)21(16,17)20-12(14)9-6-7-9/h3-5,8-9H,2,6-7H2,1H3. The molecule has 21 heavy (non-hydrogen) atoms. The Morgan fingerprint density at radius 2 is 2.00 bits per heavy atom. The van der Waals surface area contributed by atoms with E-state index in [1.807, 2.05) is 0 Å². The van der Waals surface area contributed by atoms with Crippen LogP contribution in [0.5, 0.6) is 5.75 Å². The van der Waals surface area contributed by atoms with Crippen LogP contribution in [0.15, 0.2) is 29.2 Å². The fraction of sp³-hybridized carbons (Fsp3) is 0.385. The number of hydrogen-bond donors (Lipinski definition) is 0. The Labute approximate surface area is 121 Å². The number of hydrogen-bond acceptors (Lipinski definition) is 7. The van der Waals surface area contributed by atoms with E-state index in [2.05, 4.69) is 8.92 Å². The van der Waals surface area contributed by atoms with Gasteiger partial charge < -0.3 is 13.7 Å². The van der Waals surface area contributed by atoms with E-state index in [9.17, 15) is 18.0 Å². The van der Waals surface area contributed by atoms with Crippen LogP contribution in [0.25, 0.3) is 0 Å². The summed E-state index contributed by atoms with van der Waals surface area (Å²) in [4.78, 5) is 22.3. The summed E-state index contributed by atoms with van der Waals surface area (Å²) in [5.74, 6) is -1.11. The van der Waals surface area contributed by atoms with Gasteiger partial charge in [-0.15, -0.1) is 0 Å². The maximum atomic E-state index is 11.9. The molecule has 1 aliphatic rings. The van der Waals surface area contributed by atoms with E-state index >= 15 is 0 Å². The minimum Gasteiger partial charge on any atom is -0.434 e. The summed E-state index contributed by atoms with van der Waals surface area (Å²) < 4.78 is 37.7. The Morgan fingerprint density at radius 3 is 2.62 bits per heavy atom. The van der Waals surface area contributed by atoms with Crippen LogP contribution in [0.2, 0.25) is 0 Å². The lowest BCUT2D eigenvalue weighted by atomic mass is 10.3. The van der Waals surface area contributed by atoms with Gasteiger partial charge in [0.2, 0.25) is 0 Å². The molecular formula is C13H14O7S. The van der Waals surface area contributed by atoms with E-state index in [1.54, 1.807) is 6.92 Å². The van der Waals surface area contributed by atoms with E-state index in [0.29, 0.717) is 12.8 Å². The van der Waals surface area contributed by atoms with Gasteiger partial charge in [0.15, 0.2) is 0 Å². The molecule has 2 rings (SSSR count). The van der Waals surface area contributed by atoms with Crippen molar-refractivity contribution in [3.8, 4) is 5.75 Å². The molecule has 0 bridgehead atoms. The van der Waals surface area contributed by atoms with Crippen molar-refractivity contribution >= 4 is 22.2 Å². The van der Waals surface area contributed by atoms with Crippen LogP contribution in [-0.4, -0.2) is 27.1 Å². The van der Waals surface area contributed by atoms with Crippen LogP contribution in [-0.2, 0) is 23.8 Å². The van der Waals surface area contributed by atoms with Gasteiger partial charge in [-0.2, -0.15) is 8.42 Å². The third-order valence-corrected chi connectivity index (χ3v) is 3.88. The minimum atomic E-state index is -4.22. The van der Waals surface area contributed by atoms with Crippen molar-refractivity contribution in [2.45, 2.75) is 24.7 Å². The van der Waals surface area contributed by atoms with Gasteiger partial charge in [-0.1, -0.05) is 6.07 Å². The molecule has 1 aliphatic carbocycles.